The molecule has 3 rings (SSSR count). The normalized spacial score (nSPS) is 11.2. The van der Waals surface area contributed by atoms with E-state index >= 15 is 0 Å². The van der Waals surface area contributed by atoms with Crippen molar-refractivity contribution in [1.29, 1.82) is 0 Å². The molecule has 0 atom stereocenters. The van der Waals surface area contributed by atoms with Crippen molar-refractivity contribution in [3.05, 3.63) is 52.6 Å². The Morgan fingerprint density at radius 2 is 1.83 bits per heavy atom. The van der Waals surface area contributed by atoms with Gasteiger partial charge in [0.15, 0.2) is 0 Å². The van der Waals surface area contributed by atoms with E-state index in [2.05, 4.69) is 4.98 Å². The van der Waals surface area contributed by atoms with E-state index in [9.17, 15) is 4.79 Å². The van der Waals surface area contributed by atoms with Crippen molar-refractivity contribution in [3.63, 3.8) is 0 Å². The minimum absolute atomic E-state index is 0.0470. The number of rotatable bonds is 1. The zero-order chi connectivity index (χ0) is 12.7. The van der Waals surface area contributed by atoms with Gasteiger partial charge in [-0.15, -0.1) is 0 Å². The van der Waals surface area contributed by atoms with Crippen molar-refractivity contribution in [1.82, 2.24) is 9.55 Å². The molecule has 0 aliphatic heterocycles. The highest BCUT2D eigenvalue weighted by atomic mass is 16.1. The van der Waals surface area contributed by atoms with E-state index in [-0.39, 0.29) is 5.56 Å². The highest BCUT2D eigenvalue weighted by molar-refractivity contribution is 5.96. The smallest absolute Gasteiger partial charge is 0.261 e. The highest BCUT2D eigenvalue weighted by Gasteiger charge is 2.07. The molecular weight excluding hydrogens is 224 g/mol. The highest BCUT2D eigenvalue weighted by Crippen LogP contribution is 2.19. The predicted molar refractivity (Wildman–Crippen MR) is 73.9 cm³/mol. The van der Waals surface area contributed by atoms with Crippen molar-refractivity contribution < 1.29 is 0 Å². The molecule has 3 nitrogen and oxygen atoms in total. The Bertz CT molecular complexity index is 803. The van der Waals surface area contributed by atoms with Gasteiger partial charge in [-0.05, 0) is 36.8 Å². The molecule has 0 bridgehead atoms. The molecule has 0 aliphatic carbocycles. The summed E-state index contributed by atoms with van der Waals surface area (Å²) in [5.41, 5.74) is 0.826. The van der Waals surface area contributed by atoms with Crippen molar-refractivity contribution in [2.75, 3.05) is 0 Å². The first-order chi connectivity index (χ1) is 8.70. The molecule has 0 aliphatic rings. The van der Waals surface area contributed by atoms with Gasteiger partial charge >= 0.3 is 0 Å². The van der Waals surface area contributed by atoms with Crippen LogP contribution in [0.25, 0.3) is 21.7 Å². The lowest BCUT2D eigenvalue weighted by atomic mass is 10.1. The van der Waals surface area contributed by atoms with E-state index in [1.165, 1.54) is 0 Å². The first kappa shape index (κ1) is 11.0. The molecule has 0 N–H and O–H groups in total. The monoisotopic (exact) mass is 238 g/mol. The average molecular weight is 238 g/mol. The number of hydrogen-bond donors (Lipinski definition) is 0. The van der Waals surface area contributed by atoms with Gasteiger partial charge in [-0.3, -0.25) is 9.36 Å². The third-order valence-electron chi connectivity index (χ3n) is 3.33. The number of hydrogen-bond acceptors (Lipinski definition) is 2. The second kappa shape index (κ2) is 3.95. The summed E-state index contributed by atoms with van der Waals surface area (Å²) >= 11 is 0. The van der Waals surface area contributed by atoms with Crippen LogP contribution in [0.2, 0.25) is 0 Å². The summed E-state index contributed by atoms with van der Waals surface area (Å²) in [6, 6.07) is 12.0. The topological polar surface area (TPSA) is 34.9 Å². The van der Waals surface area contributed by atoms with Gasteiger partial charge in [-0.25, -0.2) is 4.98 Å². The SMILES string of the molecule is CCn1c(C)nc2cc3ccccc3cc2c1=O. The first-order valence-electron chi connectivity index (χ1n) is 6.10. The maximum absolute atomic E-state index is 12.3. The van der Waals surface area contributed by atoms with Crippen LogP contribution in [0, 0.1) is 6.92 Å². The van der Waals surface area contributed by atoms with Gasteiger partial charge in [0.1, 0.15) is 5.82 Å². The molecule has 0 fully saturated rings. The maximum atomic E-state index is 12.3. The van der Waals surface area contributed by atoms with E-state index in [0.29, 0.717) is 11.9 Å². The van der Waals surface area contributed by atoms with Crippen molar-refractivity contribution in [2.24, 2.45) is 0 Å². The van der Waals surface area contributed by atoms with Gasteiger partial charge < -0.3 is 0 Å². The number of aromatic nitrogens is 2. The Morgan fingerprint density at radius 1 is 1.17 bits per heavy atom. The molecule has 3 heteroatoms. The summed E-state index contributed by atoms with van der Waals surface area (Å²) in [7, 11) is 0. The fourth-order valence-corrected chi connectivity index (χ4v) is 2.39. The molecule has 90 valence electrons. The van der Waals surface area contributed by atoms with Gasteiger partial charge in [0.05, 0.1) is 10.9 Å². The van der Waals surface area contributed by atoms with Gasteiger partial charge in [-0.2, -0.15) is 0 Å². The standard InChI is InChI=1S/C15H14N2O/c1-3-17-10(2)16-14-9-12-7-5-4-6-11(12)8-13(14)15(17)18/h4-9H,3H2,1-2H3. The van der Waals surface area contributed by atoms with Gasteiger partial charge in [0, 0.05) is 6.54 Å². The summed E-state index contributed by atoms with van der Waals surface area (Å²) in [6.07, 6.45) is 0. The van der Waals surface area contributed by atoms with Crippen molar-refractivity contribution >= 4 is 21.7 Å². The molecule has 0 radical (unpaired) electrons. The molecular formula is C15H14N2O. The molecule has 1 heterocycles. The van der Waals surface area contributed by atoms with Crippen LogP contribution in [0.1, 0.15) is 12.7 Å². The lowest BCUT2D eigenvalue weighted by molar-refractivity contribution is 0.686. The number of aryl methyl sites for hydroxylation is 1. The lowest BCUT2D eigenvalue weighted by Crippen LogP contribution is -2.22. The Morgan fingerprint density at radius 3 is 2.50 bits per heavy atom. The minimum atomic E-state index is 0.0470. The molecule has 0 saturated heterocycles. The fourth-order valence-electron chi connectivity index (χ4n) is 2.39. The Balaban J connectivity index is 2.51. The first-order valence-corrected chi connectivity index (χ1v) is 6.10. The van der Waals surface area contributed by atoms with Crippen LogP contribution in [-0.4, -0.2) is 9.55 Å². The fraction of sp³-hybridized carbons (Fsp3) is 0.200. The molecule has 1 aromatic heterocycles. The van der Waals surface area contributed by atoms with Crippen LogP contribution in [0.4, 0.5) is 0 Å². The van der Waals surface area contributed by atoms with E-state index in [4.69, 9.17) is 0 Å². The van der Waals surface area contributed by atoms with Gasteiger partial charge in [-0.1, -0.05) is 24.3 Å². The molecule has 18 heavy (non-hydrogen) atoms. The third kappa shape index (κ3) is 1.51. The van der Waals surface area contributed by atoms with Crippen LogP contribution in [-0.2, 0) is 6.54 Å². The number of benzene rings is 2. The van der Waals surface area contributed by atoms with E-state index in [1.807, 2.05) is 50.2 Å². The third-order valence-corrected chi connectivity index (χ3v) is 3.33. The zero-order valence-electron chi connectivity index (χ0n) is 10.5. The average Bonchev–Trinajstić information content (AvgIpc) is 2.37. The van der Waals surface area contributed by atoms with E-state index in [0.717, 1.165) is 22.1 Å². The summed E-state index contributed by atoms with van der Waals surface area (Å²) in [6.45, 7) is 4.49. The molecule has 0 unspecified atom stereocenters. The molecule has 0 amide bonds. The summed E-state index contributed by atoms with van der Waals surface area (Å²) in [4.78, 5) is 16.9. The van der Waals surface area contributed by atoms with Gasteiger partial charge in [0.2, 0.25) is 0 Å². The van der Waals surface area contributed by atoms with Crippen LogP contribution < -0.4 is 5.56 Å². The Labute approximate surface area is 105 Å². The van der Waals surface area contributed by atoms with E-state index < -0.39 is 0 Å². The predicted octanol–water partition coefficient (Wildman–Crippen LogP) is 2.88. The van der Waals surface area contributed by atoms with Crippen molar-refractivity contribution in [2.45, 2.75) is 20.4 Å². The second-order valence-electron chi connectivity index (χ2n) is 4.42. The number of fused-ring (bicyclic) bond motifs is 2. The zero-order valence-corrected chi connectivity index (χ0v) is 10.5. The van der Waals surface area contributed by atoms with Crippen LogP contribution in [0.15, 0.2) is 41.2 Å². The largest absolute Gasteiger partial charge is 0.297 e. The summed E-state index contributed by atoms with van der Waals surface area (Å²) < 4.78 is 1.71. The quantitative estimate of drug-likeness (QED) is 0.611. The minimum Gasteiger partial charge on any atom is -0.297 e. The number of nitrogens with zero attached hydrogens (tertiary/aromatic N) is 2. The molecule has 2 aromatic carbocycles. The molecule has 0 saturated carbocycles. The Kier molecular flexibility index (Phi) is 2.40. The van der Waals surface area contributed by atoms with Crippen LogP contribution in [0.3, 0.4) is 0 Å². The summed E-state index contributed by atoms with van der Waals surface area (Å²) in [5.74, 6) is 0.769. The maximum Gasteiger partial charge on any atom is 0.261 e. The molecule has 0 spiro atoms. The second-order valence-corrected chi connectivity index (χ2v) is 4.42. The van der Waals surface area contributed by atoms with Gasteiger partial charge in [0.25, 0.3) is 5.56 Å². The van der Waals surface area contributed by atoms with E-state index in [1.54, 1.807) is 4.57 Å². The van der Waals surface area contributed by atoms with Crippen molar-refractivity contribution in [3.8, 4) is 0 Å². The lowest BCUT2D eigenvalue weighted by Gasteiger charge is -2.08. The van der Waals surface area contributed by atoms with Crippen LogP contribution in [0.5, 0.6) is 0 Å². The van der Waals surface area contributed by atoms with Crippen LogP contribution >= 0.6 is 0 Å². The molecule has 3 aromatic rings. The summed E-state index contributed by atoms with van der Waals surface area (Å²) in [5, 5.41) is 2.89. The Hall–Kier alpha value is -2.16.